The lowest BCUT2D eigenvalue weighted by atomic mass is 10.2. The molecule has 0 spiro atoms. The molecule has 0 aromatic carbocycles. The van der Waals surface area contributed by atoms with Gasteiger partial charge < -0.3 is 0 Å². The highest BCUT2D eigenvalue weighted by Gasteiger charge is 2.18. The summed E-state index contributed by atoms with van der Waals surface area (Å²) in [5.74, 6) is -1.17. The van der Waals surface area contributed by atoms with Crippen LogP contribution >= 0.6 is 0 Å². The second kappa shape index (κ2) is 3.00. The summed E-state index contributed by atoms with van der Waals surface area (Å²) in [4.78, 5) is 30.7. The maximum Gasteiger partial charge on any atom is 0.332 e. The van der Waals surface area contributed by atoms with E-state index in [9.17, 15) is 14.5 Å². The first kappa shape index (κ1) is 7.52. The molecule has 0 fully saturated rings. The number of hydrogen-bond donors (Lipinski definition) is 1. The summed E-state index contributed by atoms with van der Waals surface area (Å²) in [5.41, 5.74) is 2.09. The lowest BCUT2D eigenvalue weighted by Crippen LogP contribution is -2.28. The van der Waals surface area contributed by atoms with E-state index in [1.165, 1.54) is 0 Å². The van der Waals surface area contributed by atoms with Crippen molar-refractivity contribution in [3.63, 3.8) is 0 Å². The Labute approximate surface area is 61.6 Å². The normalized spacial score (nSPS) is 16.7. The topological polar surface area (TPSA) is 88.0 Å². The van der Waals surface area contributed by atoms with E-state index in [2.05, 4.69) is 15.7 Å². The van der Waals surface area contributed by atoms with E-state index in [1.807, 2.05) is 0 Å². The predicted molar refractivity (Wildman–Crippen MR) is 35.6 cm³/mol. The number of amides is 2. The minimum Gasteiger partial charge on any atom is -0.273 e. The van der Waals surface area contributed by atoms with Gasteiger partial charge >= 0.3 is 5.91 Å². The third-order valence-electron chi connectivity index (χ3n) is 1.23. The van der Waals surface area contributed by atoms with Gasteiger partial charge in [-0.25, -0.2) is 5.43 Å². The Balaban J connectivity index is 2.68. The third kappa shape index (κ3) is 1.66. The van der Waals surface area contributed by atoms with E-state index < -0.39 is 5.91 Å². The summed E-state index contributed by atoms with van der Waals surface area (Å²) in [6.07, 6.45) is 0.372. The van der Waals surface area contributed by atoms with Crippen LogP contribution < -0.4 is 5.43 Å². The number of hydrazone groups is 1. The van der Waals surface area contributed by atoms with Gasteiger partial charge in [0.25, 0.3) is 0 Å². The van der Waals surface area contributed by atoms with Crippen molar-refractivity contribution >= 4 is 17.5 Å². The monoisotopic (exact) mass is 155 g/mol. The smallest absolute Gasteiger partial charge is 0.273 e. The molecular weight excluding hydrogens is 150 g/mol. The second-order valence-electron chi connectivity index (χ2n) is 1.99. The van der Waals surface area contributed by atoms with E-state index >= 15 is 0 Å². The number of hydrogen-bond acceptors (Lipinski definition) is 4. The fraction of sp³-hybridized carbons (Fsp3) is 0.400. The first-order valence-corrected chi connectivity index (χ1v) is 2.97. The van der Waals surface area contributed by atoms with Crippen LogP contribution in [0.25, 0.3) is 0 Å². The summed E-state index contributed by atoms with van der Waals surface area (Å²) in [7, 11) is 0. The predicted octanol–water partition coefficient (Wildman–Crippen LogP) is -0.455. The Morgan fingerprint density at radius 3 is 2.73 bits per heavy atom. The van der Waals surface area contributed by atoms with Gasteiger partial charge in [-0.05, 0) is 0 Å². The second-order valence-corrected chi connectivity index (χ2v) is 1.99. The standard InChI is InChI=1S/C5H5N3O3/c9-4-2-1-3(6-7-4)5(10)8-11/h1-2H2,(H,7,9). The lowest BCUT2D eigenvalue weighted by molar-refractivity contribution is -0.121. The van der Waals surface area contributed by atoms with Crippen molar-refractivity contribution in [2.24, 2.45) is 10.3 Å². The molecule has 6 heteroatoms. The molecule has 0 bridgehead atoms. The van der Waals surface area contributed by atoms with Crippen LogP contribution in [0.2, 0.25) is 0 Å². The van der Waals surface area contributed by atoms with E-state index in [0.29, 0.717) is 0 Å². The van der Waals surface area contributed by atoms with E-state index in [4.69, 9.17) is 0 Å². The molecule has 2 amide bonds. The highest BCUT2D eigenvalue weighted by atomic mass is 16.3. The zero-order valence-corrected chi connectivity index (χ0v) is 5.53. The van der Waals surface area contributed by atoms with Crippen LogP contribution in [-0.4, -0.2) is 17.5 Å². The molecule has 1 aliphatic rings. The maximum atomic E-state index is 10.5. The lowest BCUT2D eigenvalue weighted by Gasteiger charge is -2.06. The average molecular weight is 155 g/mol. The van der Waals surface area contributed by atoms with Crippen LogP contribution in [0.4, 0.5) is 0 Å². The summed E-state index contributed by atoms with van der Waals surface area (Å²) in [6.45, 7) is 0. The molecule has 0 atom stereocenters. The van der Waals surface area contributed by atoms with Gasteiger partial charge in [-0.3, -0.25) is 9.59 Å². The van der Waals surface area contributed by atoms with Gasteiger partial charge in [0.15, 0.2) is 0 Å². The number of nitrogens with one attached hydrogen (secondary N) is 1. The minimum atomic E-state index is -0.912. The highest BCUT2D eigenvalue weighted by molar-refractivity contribution is 6.39. The zero-order chi connectivity index (χ0) is 8.27. The van der Waals surface area contributed by atoms with Crippen LogP contribution in [-0.2, 0) is 9.59 Å². The fourth-order valence-electron chi connectivity index (χ4n) is 0.681. The van der Waals surface area contributed by atoms with E-state index in [-0.39, 0.29) is 24.5 Å². The van der Waals surface area contributed by atoms with E-state index in [1.54, 1.807) is 0 Å². The van der Waals surface area contributed by atoms with Crippen molar-refractivity contribution in [2.45, 2.75) is 12.8 Å². The molecule has 0 saturated carbocycles. The Morgan fingerprint density at radius 2 is 2.27 bits per heavy atom. The SMILES string of the molecule is O=NC(=O)C1=NNC(=O)CC1. The Hall–Kier alpha value is -1.59. The highest BCUT2D eigenvalue weighted by Crippen LogP contribution is 2.00. The average Bonchev–Trinajstić information content (AvgIpc) is 2.05. The van der Waals surface area contributed by atoms with Crippen LogP contribution in [0.15, 0.2) is 10.3 Å². The van der Waals surface area contributed by atoms with Crippen molar-refractivity contribution in [2.75, 3.05) is 0 Å². The summed E-state index contributed by atoms with van der Waals surface area (Å²) in [5, 5.41) is 5.52. The van der Waals surface area contributed by atoms with Gasteiger partial charge in [0, 0.05) is 18.0 Å². The molecule has 0 unspecified atom stereocenters. The van der Waals surface area contributed by atoms with Crippen molar-refractivity contribution < 1.29 is 9.59 Å². The quantitative estimate of drug-likeness (QED) is 0.520. The third-order valence-corrected chi connectivity index (χ3v) is 1.23. The molecular formula is C5H5N3O3. The van der Waals surface area contributed by atoms with Crippen molar-refractivity contribution in [1.29, 1.82) is 0 Å². The molecule has 0 radical (unpaired) electrons. The molecule has 0 aromatic rings. The Kier molecular flexibility index (Phi) is 2.05. The van der Waals surface area contributed by atoms with E-state index in [0.717, 1.165) is 0 Å². The van der Waals surface area contributed by atoms with Gasteiger partial charge in [-0.2, -0.15) is 5.10 Å². The molecule has 6 nitrogen and oxygen atoms in total. The number of rotatable bonds is 1. The first-order valence-electron chi connectivity index (χ1n) is 2.97. The number of nitrogens with zero attached hydrogens (tertiary/aromatic N) is 2. The minimum absolute atomic E-state index is 0.0135. The molecule has 1 heterocycles. The fourth-order valence-corrected chi connectivity index (χ4v) is 0.681. The largest absolute Gasteiger partial charge is 0.332 e. The molecule has 0 aliphatic carbocycles. The molecule has 0 aromatic heterocycles. The number of carbonyl (C=O) groups excluding carboxylic acids is 2. The summed E-state index contributed by atoms with van der Waals surface area (Å²) in [6, 6.07) is 0. The van der Waals surface area contributed by atoms with Gasteiger partial charge in [0.2, 0.25) is 5.91 Å². The van der Waals surface area contributed by atoms with Gasteiger partial charge in [0.05, 0.1) is 0 Å². The van der Waals surface area contributed by atoms with Crippen LogP contribution in [0.3, 0.4) is 0 Å². The molecule has 1 aliphatic heterocycles. The van der Waals surface area contributed by atoms with Crippen LogP contribution in [0.5, 0.6) is 0 Å². The summed E-state index contributed by atoms with van der Waals surface area (Å²) < 4.78 is 0. The maximum absolute atomic E-state index is 10.5. The van der Waals surface area contributed by atoms with Gasteiger partial charge in [-0.15, -0.1) is 4.91 Å². The van der Waals surface area contributed by atoms with Crippen LogP contribution in [0.1, 0.15) is 12.8 Å². The zero-order valence-electron chi connectivity index (χ0n) is 5.53. The van der Waals surface area contributed by atoms with Gasteiger partial charge in [0.1, 0.15) is 5.71 Å². The molecule has 58 valence electrons. The Bertz CT molecular complexity index is 245. The van der Waals surface area contributed by atoms with Crippen molar-refractivity contribution in [3.05, 3.63) is 4.91 Å². The Morgan fingerprint density at radius 1 is 1.55 bits per heavy atom. The van der Waals surface area contributed by atoms with Gasteiger partial charge in [-0.1, -0.05) is 0 Å². The summed E-state index contributed by atoms with van der Waals surface area (Å²) >= 11 is 0. The molecule has 0 saturated heterocycles. The van der Waals surface area contributed by atoms with Crippen molar-refractivity contribution in [1.82, 2.24) is 5.43 Å². The van der Waals surface area contributed by atoms with Crippen LogP contribution in [0, 0.1) is 4.91 Å². The number of nitroso groups, excluding NO2 is 1. The molecule has 1 rings (SSSR count). The first-order chi connectivity index (χ1) is 5.24. The number of carbonyl (C=O) groups is 2. The van der Waals surface area contributed by atoms with Crippen molar-refractivity contribution in [3.8, 4) is 0 Å². The molecule has 1 N–H and O–H groups in total. The molecule has 11 heavy (non-hydrogen) atoms.